The van der Waals surface area contributed by atoms with Crippen molar-refractivity contribution >= 4 is 5.91 Å². The molecular weight excluding hydrogens is 995 g/mol. The monoisotopic (exact) mass is 1110 g/mol. The van der Waals surface area contributed by atoms with E-state index in [-0.39, 0.29) is 18.9 Å². The van der Waals surface area contributed by atoms with Gasteiger partial charge >= 0.3 is 0 Å². The van der Waals surface area contributed by atoms with Crippen LogP contribution in [0, 0.1) is 0 Å². The summed E-state index contributed by atoms with van der Waals surface area (Å²) in [5.74, 6) is -0.222. The minimum absolute atomic E-state index is 0.214. The number of hydrogen-bond donors (Lipinski definition) is 6. The third-order valence-electron chi connectivity index (χ3n) is 14.5. The van der Waals surface area contributed by atoms with Gasteiger partial charge in [0.25, 0.3) is 0 Å². The fraction of sp³-hybridized carbons (Fsp3) is 0.676. The molecule has 0 saturated carbocycles. The molecule has 1 fully saturated rings. The second-order valence-electron chi connectivity index (χ2n) is 21.8. The molecule has 0 aliphatic carbocycles. The Morgan fingerprint density at radius 3 is 1.15 bits per heavy atom. The molecule has 1 heterocycles. The summed E-state index contributed by atoms with van der Waals surface area (Å²) < 4.78 is 11.3. The number of aliphatic hydroxyl groups is 5. The molecule has 1 saturated heterocycles. The molecule has 456 valence electrons. The summed E-state index contributed by atoms with van der Waals surface area (Å²) in [6.07, 6.45) is 82.4. The van der Waals surface area contributed by atoms with Crippen LogP contribution in [0.4, 0.5) is 0 Å². The van der Waals surface area contributed by atoms with Crippen molar-refractivity contribution < 1.29 is 39.8 Å². The van der Waals surface area contributed by atoms with Crippen molar-refractivity contribution in [1.29, 1.82) is 0 Å². The molecule has 7 atom stereocenters. The number of allylic oxidation sites excluding steroid dienone is 21. The maximum atomic E-state index is 13.1. The predicted octanol–water partition coefficient (Wildman–Crippen LogP) is 17.2. The number of carbonyl (C=O) groups is 1. The molecule has 80 heavy (non-hydrogen) atoms. The summed E-state index contributed by atoms with van der Waals surface area (Å²) in [6.45, 7) is 3.65. The van der Waals surface area contributed by atoms with E-state index >= 15 is 0 Å². The van der Waals surface area contributed by atoms with E-state index in [1.54, 1.807) is 6.08 Å². The molecule has 0 aromatic rings. The van der Waals surface area contributed by atoms with E-state index in [9.17, 15) is 30.3 Å². The lowest BCUT2D eigenvalue weighted by molar-refractivity contribution is -0.302. The van der Waals surface area contributed by atoms with Gasteiger partial charge in [0, 0.05) is 6.42 Å². The molecule has 9 heteroatoms. The summed E-state index contributed by atoms with van der Waals surface area (Å²) in [6, 6.07) is -0.840. The first-order valence-electron chi connectivity index (χ1n) is 32.4. The molecule has 0 spiro atoms. The van der Waals surface area contributed by atoms with Crippen LogP contribution in [-0.2, 0) is 14.3 Å². The van der Waals surface area contributed by atoms with Crippen LogP contribution in [0.2, 0.25) is 0 Å². The summed E-state index contributed by atoms with van der Waals surface area (Å²) in [7, 11) is 0. The van der Waals surface area contributed by atoms with E-state index in [1.165, 1.54) is 128 Å². The molecule has 0 bridgehead atoms. The van der Waals surface area contributed by atoms with Gasteiger partial charge in [-0.15, -0.1) is 0 Å². The summed E-state index contributed by atoms with van der Waals surface area (Å²) in [5, 5.41) is 54.6. The summed E-state index contributed by atoms with van der Waals surface area (Å²) in [5.41, 5.74) is 0. The number of rotatable bonds is 54. The lowest BCUT2D eigenvalue weighted by Crippen LogP contribution is -2.60. The SMILES string of the molecule is CC/C=C\C/C=C\C/C=C\C/C=C\C/C=C\C/C=C\C/C=C\C/C=C\C/C=C\C/C=C\CCCCC(=O)NC(COC1OC(CO)C(O)C(O)C1O)C(O)/C=C/CCCCCCCCCCCCCCCCCCCCCCCC. The predicted molar refractivity (Wildman–Crippen MR) is 340 cm³/mol. The number of carbonyl (C=O) groups excluding carboxylic acids is 1. The smallest absolute Gasteiger partial charge is 0.220 e. The topological polar surface area (TPSA) is 149 Å². The third kappa shape index (κ3) is 46.9. The zero-order valence-electron chi connectivity index (χ0n) is 50.8. The number of hydrogen-bond acceptors (Lipinski definition) is 8. The summed E-state index contributed by atoms with van der Waals surface area (Å²) >= 11 is 0. The normalized spacial score (nSPS) is 19.4. The Labute approximate surface area is 490 Å². The minimum Gasteiger partial charge on any atom is -0.394 e. The molecule has 1 rings (SSSR count). The minimum atomic E-state index is -1.58. The van der Waals surface area contributed by atoms with Crippen molar-refractivity contribution in [3.8, 4) is 0 Å². The first-order valence-corrected chi connectivity index (χ1v) is 32.4. The number of nitrogens with one attached hydrogen (secondary N) is 1. The Bertz CT molecular complexity index is 1720. The van der Waals surface area contributed by atoms with E-state index in [0.717, 1.165) is 96.3 Å². The largest absolute Gasteiger partial charge is 0.394 e. The average Bonchev–Trinajstić information content (AvgIpc) is 3.46. The Morgan fingerprint density at radius 2 is 0.775 bits per heavy atom. The quantitative estimate of drug-likeness (QED) is 0.0261. The fourth-order valence-corrected chi connectivity index (χ4v) is 9.42. The lowest BCUT2D eigenvalue weighted by atomic mass is 9.99. The molecule has 0 aromatic carbocycles. The van der Waals surface area contributed by atoms with Gasteiger partial charge in [-0.25, -0.2) is 0 Å². The highest BCUT2D eigenvalue weighted by Crippen LogP contribution is 2.23. The highest BCUT2D eigenvalue weighted by atomic mass is 16.7. The van der Waals surface area contributed by atoms with E-state index in [0.29, 0.717) is 6.42 Å². The van der Waals surface area contributed by atoms with Gasteiger partial charge in [0.1, 0.15) is 24.4 Å². The van der Waals surface area contributed by atoms with Crippen LogP contribution < -0.4 is 5.32 Å². The zero-order valence-corrected chi connectivity index (χ0v) is 50.8. The Kier molecular flexibility index (Phi) is 54.4. The van der Waals surface area contributed by atoms with Crippen molar-refractivity contribution in [1.82, 2.24) is 5.32 Å². The van der Waals surface area contributed by atoms with Gasteiger partial charge in [0.05, 0.1) is 25.4 Å². The van der Waals surface area contributed by atoms with Crippen LogP contribution in [0.25, 0.3) is 0 Å². The molecular formula is C71H119NO8. The van der Waals surface area contributed by atoms with E-state index in [2.05, 4.69) is 141 Å². The molecule has 7 unspecified atom stereocenters. The van der Waals surface area contributed by atoms with E-state index in [1.807, 2.05) is 6.08 Å². The first-order chi connectivity index (χ1) is 39.3. The van der Waals surface area contributed by atoms with Crippen LogP contribution in [0.3, 0.4) is 0 Å². The van der Waals surface area contributed by atoms with Crippen LogP contribution >= 0.6 is 0 Å². The number of unbranched alkanes of at least 4 members (excludes halogenated alkanes) is 24. The maximum absolute atomic E-state index is 13.1. The second kappa shape index (κ2) is 58.5. The fourth-order valence-electron chi connectivity index (χ4n) is 9.42. The van der Waals surface area contributed by atoms with Crippen molar-refractivity contribution in [3.63, 3.8) is 0 Å². The Balaban J connectivity index is 2.25. The standard InChI is InChI=1S/C71H119NO8/c1-3-5-7-9-11-13-15-17-19-21-23-25-27-29-30-31-32-33-34-35-36-37-39-41-43-45-47-49-51-53-55-57-59-61-67(75)72-64(63-79-71-70(78)69(77)68(76)66(62-73)80-71)65(74)60-58-56-54-52-50-48-46-44-42-40-38-28-26-24-22-20-18-16-14-12-10-8-6-4-2/h5,7,11,13,17,19,23,25,29-30,32-33,35-36,39,41,45,47,51,53,58,60,64-66,68-71,73-74,76-78H,3-4,6,8-10,12,14-16,18,20-22,24,26-28,31,34,37-38,40,42-44,46,48-50,52,54-57,59,61-63H2,1-2H3,(H,72,75)/b7-5-,13-11-,19-17-,25-23-,30-29-,33-32-,36-35-,41-39-,47-45-,53-51-,60-58+. The van der Waals surface area contributed by atoms with Gasteiger partial charge in [-0.05, 0) is 96.3 Å². The van der Waals surface area contributed by atoms with Crippen LogP contribution in [0.15, 0.2) is 134 Å². The van der Waals surface area contributed by atoms with E-state index < -0.39 is 49.5 Å². The number of amides is 1. The van der Waals surface area contributed by atoms with Crippen LogP contribution in [-0.4, -0.2) is 87.5 Å². The zero-order chi connectivity index (χ0) is 57.9. The molecule has 6 N–H and O–H groups in total. The molecule has 0 radical (unpaired) electrons. The van der Waals surface area contributed by atoms with Gasteiger partial charge in [0.15, 0.2) is 6.29 Å². The molecule has 1 aliphatic rings. The van der Waals surface area contributed by atoms with Crippen LogP contribution in [0.5, 0.6) is 0 Å². The van der Waals surface area contributed by atoms with Crippen molar-refractivity contribution in [2.45, 2.75) is 294 Å². The van der Waals surface area contributed by atoms with Crippen molar-refractivity contribution in [3.05, 3.63) is 134 Å². The molecule has 1 amide bonds. The van der Waals surface area contributed by atoms with Gasteiger partial charge in [-0.2, -0.15) is 0 Å². The second-order valence-corrected chi connectivity index (χ2v) is 21.8. The van der Waals surface area contributed by atoms with Gasteiger partial charge in [-0.3, -0.25) is 4.79 Å². The first kappa shape index (κ1) is 74.3. The molecule has 0 aromatic heterocycles. The van der Waals surface area contributed by atoms with Crippen LogP contribution in [0.1, 0.15) is 251 Å². The average molecular weight is 1110 g/mol. The Morgan fingerprint density at radius 1 is 0.438 bits per heavy atom. The van der Waals surface area contributed by atoms with Crippen molar-refractivity contribution in [2.24, 2.45) is 0 Å². The van der Waals surface area contributed by atoms with Gasteiger partial charge < -0.3 is 40.3 Å². The highest BCUT2D eigenvalue weighted by Gasteiger charge is 2.44. The van der Waals surface area contributed by atoms with Crippen molar-refractivity contribution in [2.75, 3.05) is 13.2 Å². The molecule has 1 aliphatic heterocycles. The third-order valence-corrected chi connectivity index (χ3v) is 14.5. The number of aliphatic hydroxyl groups excluding tert-OH is 5. The van der Waals surface area contributed by atoms with Gasteiger partial charge in [-0.1, -0.05) is 282 Å². The lowest BCUT2D eigenvalue weighted by Gasteiger charge is -2.40. The number of ether oxygens (including phenoxy) is 2. The van der Waals surface area contributed by atoms with Gasteiger partial charge in [0.2, 0.25) is 5.91 Å². The van der Waals surface area contributed by atoms with E-state index in [4.69, 9.17) is 9.47 Å². The summed E-state index contributed by atoms with van der Waals surface area (Å²) in [4.78, 5) is 13.1. The molecule has 9 nitrogen and oxygen atoms in total. The highest BCUT2D eigenvalue weighted by molar-refractivity contribution is 5.76. The Hall–Kier alpha value is -3.67. The maximum Gasteiger partial charge on any atom is 0.220 e.